The van der Waals surface area contributed by atoms with E-state index in [1.54, 1.807) is 0 Å². The zero-order valence-electron chi connectivity index (χ0n) is 4.64. The Balaban J connectivity index is 3.28. The van der Waals surface area contributed by atoms with E-state index >= 15 is 0 Å². The van der Waals surface area contributed by atoms with Crippen LogP contribution in [0.5, 0.6) is 0 Å². The van der Waals surface area contributed by atoms with Crippen molar-refractivity contribution in [2.24, 2.45) is 5.73 Å². The Kier molecular flexibility index (Phi) is 5.42. The van der Waals surface area contributed by atoms with Crippen LogP contribution in [0.2, 0.25) is 0 Å². The molecule has 3 nitrogen and oxygen atoms in total. The maximum atomic E-state index is 10.5. The lowest BCUT2D eigenvalue weighted by Gasteiger charge is -2.01. The van der Waals surface area contributed by atoms with E-state index in [1.807, 2.05) is 0 Å². The number of esters is 1. The summed E-state index contributed by atoms with van der Waals surface area (Å²) in [7, 11) is 0. The topological polar surface area (TPSA) is 52.3 Å². The van der Waals surface area contributed by atoms with Crippen LogP contribution in [0.15, 0.2) is 0 Å². The third kappa shape index (κ3) is 4.87. The van der Waals surface area contributed by atoms with Gasteiger partial charge in [0.1, 0.15) is 6.61 Å². The summed E-state index contributed by atoms with van der Waals surface area (Å²) in [5, 5.41) is 0. The molecule has 54 valence electrons. The van der Waals surface area contributed by atoms with Crippen molar-refractivity contribution in [2.45, 2.75) is 3.74 Å². The predicted molar refractivity (Wildman–Crippen MR) is 41.7 cm³/mol. The van der Waals surface area contributed by atoms with Gasteiger partial charge in [0.15, 0.2) is 3.74 Å². The number of halogens is 2. The molecule has 0 amide bonds. The minimum atomic E-state index is -0.420. The van der Waals surface area contributed by atoms with Gasteiger partial charge in [0, 0.05) is 6.54 Å². The van der Waals surface area contributed by atoms with E-state index in [2.05, 4.69) is 36.6 Å². The Hall–Kier alpha value is 0.390. The molecular formula is C4H7Br2NO2. The van der Waals surface area contributed by atoms with Gasteiger partial charge in [-0.2, -0.15) is 0 Å². The Morgan fingerprint density at radius 2 is 2.22 bits per heavy atom. The van der Waals surface area contributed by atoms with Crippen molar-refractivity contribution < 1.29 is 9.53 Å². The van der Waals surface area contributed by atoms with E-state index in [9.17, 15) is 4.79 Å². The molecule has 0 aliphatic rings. The van der Waals surface area contributed by atoms with Gasteiger partial charge >= 0.3 is 5.97 Å². The molecule has 0 aromatic rings. The summed E-state index contributed by atoms with van der Waals surface area (Å²) in [5.74, 6) is -0.347. The lowest BCUT2D eigenvalue weighted by atomic mass is 10.7. The fourth-order valence-electron chi connectivity index (χ4n) is 0.223. The molecule has 0 unspecified atom stereocenters. The van der Waals surface area contributed by atoms with Crippen molar-refractivity contribution in [3.05, 3.63) is 0 Å². The van der Waals surface area contributed by atoms with E-state index < -0.39 is 3.74 Å². The van der Waals surface area contributed by atoms with Crippen LogP contribution in [0.4, 0.5) is 0 Å². The zero-order valence-corrected chi connectivity index (χ0v) is 7.81. The molecule has 9 heavy (non-hydrogen) atoms. The molecule has 0 radical (unpaired) electrons. The van der Waals surface area contributed by atoms with Gasteiger partial charge < -0.3 is 10.5 Å². The average molecular weight is 261 g/mol. The van der Waals surface area contributed by atoms with Crippen molar-refractivity contribution in [1.82, 2.24) is 0 Å². The first kappa shape index (κ1) is 9.39. The summed E-state index contributed by atoms with van der Waals surface area (Å²) in [4.78, 5) is 10.5. The summed E-state index contributed by atoms with van der Waals surface area (Å²) in [6.45, 7) is 0.630. The van der Waals surface area contributed by atoms with Crippen LogP contribution in [-0.4, -0.2) is 22.9 Å². The molecule has 0 spiro atoms. The highest BCUT2D eigenvalue weighted by Gasteiger charge is 2.10. The Labute approximate surface area is 70.2 Å². The second-order valence-electron chi connectivity index (χ2n) is 1.26. The van der Waals surface area contributed by atoms with E-state index in [1.165, 1.54) is 0 Å². The summed E-state index contributed by atoms with van der Waals surface area (Å²) in [6, 6.07) is 0. The minimum Gasteiger partial charge on any atom is -0.463 e. The standard InChI is InChI=1S/C4H7Br2NO2/c5-3(6)4(8)9-2-1-7/h3H,1-2,7H2. The molecule has 0 rings (SSSR count). The third-order valence-corrected chi connectivity index (χ3v) is 1.29. The van der Waals surface area contributed by atoms with Crippen LogP contribution in [0.1, 0.15) is 0 Å². The molecule has 0 aliphatic carbocycles. The molecular weight excluding hydrogens is 254 g/mol. The van der Waals surface area contributed by atoms with Gasteiger partial charge in [0.25, 0.3) is 0 Å². The highest BCUT2D eigenvalue weighted by Crippen LogP contribution is 2.08. The monoisotopic (exact) mass is 259 g/mol. The van der Waals surface area contributed by atoms with Crippen LogP contribution < -0.4 is 5.73 Å². The molecule has 0 saturated carbocycles. The normalized spacial score (nSPS) is 9.78. The second kappa shape index (κ2) is 5.20. The molecule has 0 aromatic carbocycles. The Bertz CT molecular complexity index is 96.6. The second-order valence-corrected chi connectivity index (χ2v) is 4.32. The Morgan fingerprint density at radius 1 is 1.67 bits per heavy atom. The first-order valence-corrected chi connectivity index (χ1v) is 4.16. The smallest absolute Gasteiger partial charge is 0.330 e. The summed E-state index contributed by atoms with van der Waals surface area (Å²) >= 11 is 5.94. The molecule has 0 aliphatic heterocycles. The van der Waals surface area contributed by atoms with E-state index in [-0.39, 0.29) is 12.6 Å². The van der Waals surface area contributed by atoms with Crippen molar-refractivity contribution in [1.29, 1.82) is 0 Å². The number of alkyl halides is 2. The van der Waals surface area contributed by atoms with Gasteiger partial charge in [-0.05, 0) is 0 Å². The molecule has 0 aromatic heterocycles. The number of hydrogen-bond acceptors (Lipinski definition) is 3. The van der Waals surface area contributed by atoms with Gasteiger partial charge in [-0.25, -0.2) is 4.79 Å². The molecule has 0 atom stereocenters. The Morgan fingerprint density at radius 3 is 2.56 bits per heavy atom. The van der Waals surface area contributed by atoms with Gasteiger partial charge in [-0.15, -0.1) is 0 Å². The fourth-order valence-corrected chi connectivity index (χ4v) is 0.487. The van der Waals surface area contributed by atoms with Crippen molar-refractivity contribution >= 4 is 37.8 Å². The summed E-state index contributed by atoms with van der Waals surface area (Å²) in [6.07, 6.45) is 0. The number of carbonyl (C=O) groups excluding carboxylic acids is 1. The first-order chi connectivity index (χ1) is 4.18. The fraction of sp³-hybridized carbons (Fsp3) is 0.750. The zero-order chi connectivity index (χ0) is 7.28. The van der Waals surface area contributed by atoms with Crippen molar-refractivity contribution in [2.75, 3.05) is 13.2 Å². The maximum Gasteiger partial charge on any atom is 0.330 e. The highest BCUT2D eigenvalue weighted by atomic mass is 79.9. The number of carbonyl (C=O) groups is 1. The first-order valence-electron chi connectivity index (χ1n) is 2.33. The van der Waals surface area contributed by atoms with Crippen molar-refractivity contribution in [3.63, 3.8) is 0 Å². The van der Waals surface area contributed by atoms with E-state index in [4.69, 9.17) is 5.73 Å². The maximum absolute atomic E-state index is 10.5. The number of ether oxygens (including phenoxy) is 1. The molecule has 0 fully saturated rings. The molecule has 5 heteroatoms. The van der Waals surface area contributed by atoms with Crippen LogP contribution in [0.3, 0.4) is 0 Å². The number of hydrogen-bond donors (Lipinski definition) is 1. The molecule has 0 saturated heterocycles. The third-order valence-electron chi connectivity index (χ3n) is 0.540. The van der Waals surface area contributed by atoms with Gasteiger partial charge in [0.05, 0.1) is 0 Å². The van der Waals surface area contributed by atoms with E-state index in [0.29, 0.717) is 6.54 Å². The number of nitrogens with two attached hydrogens (primary N) is 1. The van der Waals surface area contributed by atoms with Gasteiger partial charge in [0.2, 0.25) is 0 Å². The predicted octanol–water partition coefficient (Wildman–Crippen LogP) is 0.604. The van der Waals surface area contributed by atoms with Crippen LogP contribution in [0.25, 0.3) is 0 Å². The highest BCUT2D eigenvalue weighted by molar-refractivity contribution is 9.25. The summed E-state index contributed by atoms with van der Waals surface area (Å²) in [5.41, 5.74) is 5.07. The average Bonchev–Trinajstić information content (AvgIpc) is 1.82. The lowest BCUT2D eigenvalue weighted by molar-refractivity contribution is -0.140. The molecule has 0 bridgehead atoms. The minimum absolute atomic E-state index is 0.270. The SMILES string of the molecule is NCCOC(=O)C(Br)Br. The van der Waals surface area contributed by atoms with Crippen LogP contribution >= 0.6 is 31.9 Å². The largest absolute Gasteiger partial charge is 0.463 e. The summed E-state index contributed by atoms with van der Waals surface area (Å²) < 4.78 is 4.18. The van der Waals surface area contributed by atoms with Crippen LogP contribution in [0, 0.1) is 0 Å². The molecule has 0 heterocycles. The number of rotatable bonds is 3. The van der Waals surface area contributed by atoms with Crippen molar-refractivity contribution in [3.8, 4) is 0 Å². The quantitative estimate of drug-likeness (QED) is 0.598. The lowest BCUT2D eigenvalue weighted by Crippen LogP contribution is -2.17. The van der Waals surface area contributed by atoms with Crippen LogP contribution in [-0.2, 0) is 9.53 Å². The van der Waals surface area contributed by atoms with Gasteiger partial charge in [-0.3, -0.25) is 0 Å². The van der Waals surface area contributed by atoms with Gasteiger partial charge in [-0.1, -0.05) is 31.9 Å². The molecule has 2 N–H and O–H groups in total. The van der Waals surface area contributed by atoms with E-state index in [0.717, 1.165) is 0 Å².